The Hall–Kier alpha value is -0.610. The fourth-order valence-electron chi connectivity index (χ4n) is 1.62. The van der Waals surface area contributed by atoms with E-state index in [0.717, 1.165) is 19.0 Å². The average molecular weight is 214 g/mol. The average Bonchev–Trinajstić information content (AvgIpc) is 2.94. The molecule has 0 aliphatic heterocycles. The summed E-state index contributed by atoms with van der Waals surface area (Å²) in [5.41, 5.74) is 5.49. The van der Waals surface area contributed by atoms with Crippen molar-refractivity contribution >= 4 is 5.97 Å². The summed E-state index contributed by atoms with van der Waals surface area (Å²) in [5.74, 6) is -0.0569. The van der Waals surface area contributed by atoms with Crippen molar-refractivity contribution in [3.8, 4) is 0 Å². The second-order valence-electron chi connectivity index (χ2n) is 4.77. The largest absolute Gasteiger partial charge is 0.480 e. The van der Waals surface area contributed by atoms with Gasteiger partial charge < -0.3 is 15.7 Å². The van der Waals surface area contributed by atoms with Crippen molar-refractivity contribution in [3.63, 3.8) is 0 Å². The van der Waals surface area contributed by atoms with Crippen LogP contribution in [0.4, 0.5) is 0 Å². The van der Waals surface area contributed by atoms with E-state index in [0.29, 0.717) is 12.5 Å². The molecule has 0 amide bonds. The van der Waals surface area contributed by atoms with Crippen LogP contribution in [0.25, 0.3) is 0 Å². The third kappa shape index (κ3) is 4.62. The number of carboxylic acids is 1. The summed E-state index contributed by atoms with van der Waals surface area (Å²) in [6.45, 7) is 6.19. The molecule has 0 saturated heterocycles. The van der Waals surface area contributed by atoms with Gasteiger partial charge >= 0.3 is 5.97 Å². The summed E-state index contributed by atoms with van der Waals surface area (Å²) < 4.78 is 0. The van der Waals surface area contributed by atoms with Gasteiger partial charge in [0.2, 0.25) is 0 Å². The van der Waals surface area contributed by atoms with Crippen LogP contribution >= 0.6 is 0 Å². The standard InChI is InChI=1S/C11H22N2O2/c1-8(2)13(7-9-3-4-9)6-5-10(12)11(14)15/h8-10H,3-7,12H2,1-2H3,(H,14,15). The van der Waals surface area contributed by atoms with Crippen molar-refractivity contribution < 1.29 is 9.90 Å². The molecular weight excluding hydrogens is 192 g/mol. The van der Waals surface area contributed by atoms with Crippen LogP contribution in [0, 0.1) is 5.92 Å². The van der Waals surface area contributed by atoms with Gasteiger partial charge in [0.15, 0.2) is 0 Å². The number of hydrogen-bond donors (Lipinski definition) is 2. The molecule has 1 saturated carbocycles. The number of carboxylic acid groups (broad SMARTS) is 1. The minimum absolute atomic E-state index is 0.478. The topological polar surface area (TPSA) is 66.6 Å². The Morgan fingerprint density at radius 2 is 2.13 bits per heavy atom. The molecule has 0 aromatic carbocycles. The van der Waals surface area contributed by atoms with Crippen LogP contribution in [0.15, 0.2) is 0 Å². The van der Waals surface area contributed by atoms with Gasteiger partial charge in [0.1, 0.15) is 6.04 Å². The molecule has 0 bridgehead atoms. The smallest absolute Gasteiger partial charge is 0.320 e. The van der Waals surface area contributed by atoms with Crippen molar-refractivity contribution in [2.24, 2.45) is 11.7 Å². The number of nitrogens with two attached hydrogens (primary N) is 1. The minimum Gasteiger partial charge on any atom is -0.480 e. The highest BCUT2D eigenvalue weighted by atomic mass is 16.4. The maximum atomic E-state index is 10.6. The monoisotopic (exact) mass is 214 g/mol. The zero-order chi connectivity index (χ0) is 11.4. The van der Waals surface area contributed by atoms with E-state index in [-0.39, 0.29) is 0 Å². The molecule has 0 heterocycles. The predicted octanol–water partition coefficient (Wildman–Crippen LogP) is 0.909. The molecule has 4 heteroatoms. The Morgan fingerprint density at radius 1 is 1.53 bits per heavy atom. The zero-order valence-electron chi connectivity index (χ0n) is 9.65. The van der Waals surface area contributed by atoms with Crippen LogP contribution in [-0.2, 0) is 4.79 Å². The number of aliphatic carboxylic acids is 1. The number of carbonyl (C=O) groups is 1. The first-order valence-electron chi connectivity index (χ1n) is 5.73. The summed E-state index contributed by atoms with van der Waals surface area (Å²) >= 11 is 0. The van der Waals surface area contributed by atoms with Gasteiger partial charge in [-0.2, -0.15) is 0 Å². The normalized spacial score (nSPS) is 18.5. The molecule has 0 aromatic rings. The van der Waals surface area contributed by atoms with Crippen molar-refractivity contribution in [2.45, 2.75) is 45.2 Å². The van der Waals surface area contributed by atoms with Crippen molar-refractivity contribution in [3.05, 3.63) is 0 Å². The maximum Gasteiger partial charge on any atom is 0.320 e. The summed E-state index contributed by atoms with van der Waals surface area (Å²) in [4.78, 5) is 12.9. The van der Waals surface area contributed by atoms with Gasteiger partial charge in [0, 0.05) is 19.1 Å². The fraction of sp³-hybridized carbons (Fsp3) is 0.909. The molecule has 3 N–H and O–H groups in total. The number of rotatable bonds is 7. The van der Waals surface area contributed by atoms with E-state index in [1.54, 1.807) is 0 Å². The van der Waals surface area contributed by atoms with E-state index in [4.69, 9.17) is 10.8 Å². The zero-order valence-corrected chi connectivity index (χ0v) is 9.65. The third-order valence-corrected chi connectivity index (χ3v) is 2.96. The Bertz CT molecular complexity index is 215. The van der Waals surface area contributed by atoms with Gasteiger partial charge in [-0.25, -0.2) is 0 Å². The summed E-state index contributed by atoms with van der Waals surface area (Å²) in [6.07, 6.45) is 3.20. The van der Waals surface area contributed by atoms with Crippen molar-refractivity contribution in [1.29, 1.82) is 0 Å². The number of hydrogen-bond acceptors (Lipinski definition) is 3. The summed E-state index contributed by atoms with van der Waals surface area (Å²) in [5, 5.41) is 8.68. The molecule has 1 fully saturated rings. The SMILES string of the molecule is CC(C)N(CCC(N)C(=O)O)CC1CC1. The lowest BCUT2D eigenvalue weighted by molar-refractivity contribution is -0.138. The van der Waals surface area contributed by atoms with Gasteiger partial charge in [-0.15, -0.1) is 0 Å². The van der Waals surface area contributed by atoms with Crippen LogP contribution in [0.1, 0.15) is 33.1 Å². The van der Waals surface area contributed by atoms with Gasteiger partial charge in [0.25, 0.3) is 0 Å². The lowest BCUT2D eigenvalue weighted by Gasteiger charge is -2.27. The van der Waals surface area contributed by atoms with E-state index in [1.165, 1.54) is 12.8 Å². The van der Waals surface area contributed by atoms with Crippen molar-refractivity contribution in [1.82, 2.24) is 4.90 Å². The molecule has 4 nitrogen and oxygen atoms in total. The quantitative estimate of drug-likeness (QED) is 0.661. The van der Waals surface area contributed by atoms with Crippen LogP contribution in [0.5, 0.6) is 0 Å². The van der Waals surface area contributed by atoms with E-state index >= 15 is 0 Å². The first-order valence-corrected chi connectivity index (χ1v) is 5.73. The first kappa shape index (κ1) is 12.5. The van der Waals surface area contributed by atoms with E-state index < -0.39 is 12.0 Å². The molecule has 1 rings (SSSR count). The Morgan fingerprint density at radius 3 is 2.53 bits per heavy atom. The highest BCUT2D eigenvalue weighted by molar-refractivity contribution is 5.72. The summed E-state index contributed by atoms with van der Waals surface area (Å²) in [7, 11) is 0. The summed E-state index contributed by atoms with van der Waals surface area (Å²) in [6, 6.07) is -0.239. The predicted molar refractivity (Wildman–Crippen MR) is 59.7 cm³/mol. The second kappa shape index (κ2) is 5.47. The highest BCUT2D eigenvalue weighted by Gasteiger charge is 2.25. The number of nitrogens with zero attached hydrogens (tertiary/aromatic N) is 1. The van der Waals surface area contributed by atoms with Gasteiger partial charge in [-0.1, -0.05) is 0 Å². The van der Waals surface area contributed by atoms with Gasteiger partial charge in [-0.05, 0) is 39.0 Å². The first-order chi connectivity index (χ1) is 7.00. The van der Waals surface area contributed by atoms with Gasteiger partial charge in [0.05, 0.1) is 0 Å². The molecule has 15 heavy (non-hydrogen) atoms. The molecule has 1 unspecified atom stereocenters. The van der Waals surface area contributed by atoms with Crippen LogP contribution in [0.2, 0.25) is 0 Å². The van der Waals surface area contributed by atoms with Crippen LogP contribution in [0.3, 0.4) is 0 Å². The third-order valence-electron chi connectivity index (χ3n) is 2.96. The lowest BCUT2D eigenvalue weighted by atomic mass is 10.2. The van der Waals surface area contributed by atoms with Crippen LogP contribution in [-0.4, -0.2) is 41.1 Å². The lowest BCUT2D eigenvalue weighted by Crippen LogP contribution is -2.39. The highest BCUT2D eigenvalue weighted by Crippen LogP contribution is 2.30. The minimum atomic E-state index is -0.898. The van der Waals surface area contributed by atoms with Crippen LogP contribution < -0.4 is 5.73 Å². The molecular formula is C11H22N2O2. The Kier molecular flexibility index (Phi) is 4.54. The Balaban J connectivity index is 2.27. The Labute approximate surface area is 91.4 Å². The molecule has 1 aliphatic rings. The molecule has 88 valence electrons. The molecule has 0 aromatic heterocycles. The molecule has 1 atom stereocenters. The fourth-order valence-corrected chi connectivity index (χ4v) is 1.62. The van der Waals surface area contributed by atoms with Gasteiger partial charge in [-0.3, -0.25) is 4.79 Å². The van der Waals surface area contributed by atoms with E-state index in [9.17, 15) is 4.79 Å². The second-order valence-corrected chi connectivity index (χ2v) is 4.77. The van der Waals surface area contributed by atoms with E-state index in [2.05, 4.69) is 18.7 Å². The molecule has 0 radical (unpaired) electrons. The van der Waals surface area contributed by atoms with Crippen molar-refractivity contribution in [2.75, 3.05) is 13.1 Å². The molecule has 0 spiro atoms. The maximum absolute atomic E-state index is 10.6. The molecule has 1 aliphatic carbocycles. The van der Waals surface area contributed by atoms with E-state index in [1.807, 2.05) is 0 Å².